The molecule has 0 unspecified atom stereocenters. The van der Waals surface area contributed by atoms with E-state index in [1.807, 2.05) is 6.26 Å². The second kappa shape index (κ2) is 7.00. The molecule has 0 bridgehead atoms. The maximum atomic E-state index is 12.5. The molecular formula is C15H20N2O4S. The van der Waals surface area contributed by atoms with E-state index in [0.717, 1.165) is 12.8 Å². The zero-order valence-electron chi connectivity index (χ0n) is 12.9. The molecule has 0 aliphatic heterocycles. The first-order valence-corrected chi connectivity index (χ1v) is 8.48. The summed E-state index contributed by atoms with van der Waals surface area (Å²) in [6.45, 7) is 1.72. The lowest BCUT2D eigenvalue weighted by Gasteiger charge is -2.16. The lowest BCUT2D eigenvalue weighted by atomic mass is 10.1. The van der Waals surface area contributed by atoms with Crippen molar-refractivity contribution in [2.75, 3.05) is 19.1 Å². The first kappa shape index (κ1) is 16.6. The van der Waals surface area contributed by atoms with Crippen LogP contribution in [0.25, 0.3) is 0 Å². The number of ether oxygens (including phenoxy) is 1. The predicted octanol–water partition coefficient (Wildman–Crippen LogP) is 1.13. The first-order valence-electron chi connectivity index (χ1n) is 7.09. The Bertz CT molecular complexity index is 637. The van der Waals surface area contributed by atoms with Crippen LogP contribution in [-0.2, 0) is 9.53 Å². The van der Waals surface area contributed by atoms with E-state index in [1.54, 1.807) is 23.8 Å². The Morgan fingerprint density at radius 2 is 2.18 bits per heavy atom. The SMILES string of the molecule is COC(=O)[C@H](CSC)NC(=O)c1c(C)ccn(C2CC2)c1=O. The van der Waals surface area contributed by atoms with Crippen molar-refractivity contribution in [3.8, 4) is 0 Å². The average Bonchev–Trinajstić information content (AvgIpc) is 3.30. The van der Waals surface area contributed by atoms with Crippen LogP contribution in [0.4, 0.5) is 0 Å². The zero-order chi connectivity index (χ0) is 16.3. The van der Waals surface area contributed by atoms with Gasteiger partial charge in [0.05, 0.1) is 7.11 Å². The topological polar surface area (TPSA) is 77.4 Å². The molecule has 1 aromatic heterocycles. The Balaban J connectivity index is 2.26. The summed E-state index contributed by atoms with van der Waals surface area (Å²) in [5, 5.41) is 2.61. The van der Waals surface area contributed by atoms with Gasteiger partial charge in [-0.3, -0.25) is 9.59 Å². The molecule has 0 spiro atoms. The Morgan fingerprint density at radius 3 is 2.73 bits per heavy atom. The van der Waals surface area contributed by atoms with Gasteiger partial charge in [-0.1, -0.05) is 0 Å². The van der Waals surface area contributed by atoms with E-state index in [2.05, 4.69) is 10.1 Å². The lowest BCUT2D eigenvalue weighted by molar-refractivity contribution is -0.142. The van der Waals surface area contributed by atoms with Crippen LogP contribution in [0.2, 0.25) is 0 Å². The number of aryl methyl sites for hydroxylation is 1. The number of nitrogens with one attached hydrogen (secondary N) is 1. The van der Waals surface area contributed by atoms with Crippen LogP contribution < -0.4 is 10.9 Å². The minimum Gasteiger partial charge on any atom is -0.467 e. The molecule has 6 nitrogen and oxygen atoms in total. The van der Waals surface area contributed by atoms with Crippen molar-refractivity contribution < 1.29 is 14.3 Å². The highest BCUT2D eigenvalue weighted by Gasteiger charge is 2.28. The number of thioether (sulfide) groups is 1. The van der Waals surface area contributed by atoms with Crippen LogP contribution >= 0.6 is 11.8 Å². The van der Waals surface area contributed by atoms with Gasteiger partial charge in [0.15, 0.2) is 0 Å². The highest BCUT2D eigenvalue weighted by molar-refractivity contribution is 7.98. The van der Waals surface area contributed by atoms with Crippen LogP contribution in [0, 0.1) is 6.92 Å². The second-order valence-corrected chi connectivity index (χ2v) is 6.23. The van der Waals surface area contributed by atoms with E-state index in [1.165, 1.54) is 18.9 Å². The van der Waals surface area contributed by atoms with Gasteiger partial charge in [0.1, 0.15) is 11.6 Å². The number of carbonyl (C=O) groups excluding carboxylic acids is 2. The maximum Gasteiger partial charge on any atom is 0.329 e. The molecule has 1 saturated carbocycles. The fourth-order valence-electron chi connectivity index (χ4n) is 2.27. The number of aromatic nitrogens is 1. The summed E-state index contributed by atoms with van der Waals surface area (Å²) in [5.41, 5.74) is 0.407. The minimum absolute atomic E-state index is 0.101. The van der Waals surface area contributed by atoms with E-state index < -0.39 is 17.9 Å². The van der Waals surface area contributed by atoms with Gasteiger partial charge in [0.25, 0.3) is 11.5 Å². The third-order valence-corrected chi connectivity index (χ3v) is 4.29. The number of hydrogen-bond donors (Lipinski definition) is 1. The van der Waals surface area contributed by atoms with Gasteiger partial charge in [-0.15, -0.1) is 0 Å². The van der Waals surface area contributed by atoms with Gasteiger partial charge in [0.2, 0.25) is 0 Å². The van der Waals surface area contributed by atoms with E-state index in [0.29, 0.717) is 11.3 Å². The van der Waals surface area contributed by atoms with Crippen LogP contribution in [0.3, 0.4) is 0 Å². The van der Waals surface area contributed by atoms with E-state index in [-0.39, 0.29) is 17.2 Å². The number of rotatable bonds is 6. The van der Waals surface area contributed by atoms with Crippen molar-refractivity contribution in [1.82, 2.24) is 9.88 Å². The number of methoxy groups -OCH3 is 1. The molecule has 1 fully saturated rings. The fraction of sp³-hybridized carbons (Fsp3) is 0.533. The monoisotopic (exact) mass is 324 g/mol. The normalized spacial score (nSPS) is 15.2. The summed E-state index contributed by atoms with van der Waals surface area (Å²) in [5.74, 6) is -0.651. The molecule has 2 rings (SSSR count). The number of esters is 1. The van der Waals surface area contributed by atoms with Gasteiger partial charge < -0.3 is 14.6 Å². The summed E-state index contributed by atoms with van der Waals surface area (Å²) < 4.78 is 6.28. The predicted molar refractivity (Wildman–Crippen MR) is 85.4 cm³/mol. The Morgan fingerprint density at radius 1 is 1.50 bits per heavy atom. The summed E-state index contributed by atoms with van der Waals surface area (Å²) >= 11 is 1.42. The van der Waals surface area contributed by atoms with E-state index in [4.69, 9.17) is 0 Å². The number of hydrogen-bond acceptors (Lipinski definition) is 5. The van der Waals surface area contributed by atoms with Crippen molar-refractivity contribution in [3.05, 3.63) is 33.7 Å². The highest BCUT2D eigenvalue weighted by atomic mass is 32.2. The van der Waals surface area contributed by atoms with Crippen molar-refractivity contribution in [2.24, 2.45) is 0 Å². The third-order valence-electron chi connectivity index (χ3n) is 3.62. The van der Waals surface area contributed by atoms with Crippen molar-refractivity contribution in [1.29, 1.82) is 0 Å². The quantitative estimate of drug-likeness (QED) is 0.794. The lowest BCUT2D eigenvalue weighted by Crippen LogP contribution is -2.45. The Labute approximate surface area is 133 Å². The highest BCUT2D eigenvalue weighted by Crippen LogP contribution is 2.33. The smallest absolute Gasteiger partial charge is 0.329 e. The van der Waals surface area contributed by atoms with Crippen LogP contribution in [0.5, 0.6) is 0 Å². The molecule has 1 aromatic rings. The molecule has 1 N–H and O–H groups in total. The van der Waals surface area contributed by atoms with Crippen molar-refractivity contribution in [2.45, 2.75) is 31.8 Å². The molecule has 0 aromatic carbocycles. The zero-order valence-corrected chi connectivity index (χ0v) is 13.7. The summed E-state index contributed by atoms with van der Waals surface area (Å²) in [6, 6.07) is 1.19. The molecule has 7 heteroatoms. The molecule has 0 saturated heterocycles. The molecule has 1 amide bonds. The Kier molecular flexibility index (Phi) is 5.28. The number of carbonyl (C=O) groups is 2. The summed E-state index contributed by atoms with van der Waals surface area (Å²) in [7, 11) is 1.27. The molecule has 1 atom stereocenters. The fourth-order valence-corrected chi connectivity index (χ4v) is 2.82. The van der Waals surface area contributed by atoms with E-state index in [9.17, 15) is 14.4 Å². The van der Waals surface area contributed by atoms with Gasteiger partial charge in [-0.25, -0.2) is 4.79 Å². The first-order chi connectivity index (χ1) is 10.5. The molecule has 1 heterocycles. The molecular weight excluding hydrogens is 304 g/mol. The molecule has 0 radical (unpaired) electrons. The molecule has 120 valence electrons. The van der Waals surface area contributed by atoms with Gasteiger partial charge >= 0.3 is 5.97 Å². The number of nitrogens with zero attached hydrogens (tertiary/aromatic N) is 1. The standard InChI is InChI=1S/C15H20N2O4S/c1-9-6-7-17(10-4-5-10)14(19)12(9)13(18)16-11(8-22-3)15(20)21-2/h6-7,10-11H,4-5,8H2,1-3H3,(H,16,18)/t11-/m0/s1. The van der Waals surface area contributed by atoms with Crippen LogP contribution in [0.15, 0.2) is 17.1 Å². The van der Waals surface area contributed by atoms with Gasteiger partial charge in [-0.05, 0) is 37.7 Å². The largest absolute Gasteiger partial charge is 0.467 e. The number of amides is 1. The molecule has 1 aliphatic carbocycles. The maximum absolute atomic E-state index is 12.5. The van der Waals surface area contributed by atoms with Crippen molar-refractivity contribution >= 4 is 23.6 Å². The third kappa shape index (κ3) is 3.52. The number of pyridine rings is 1. The van der Waals surface area contributed by atoms with Crippen LogP contribution in [-0.4, -0.2) is 41.6 Å². The minimum atomic E-state index is -0.763. The van der Waals surface area contributed by atoms with Crippen molar-refractivity contribution in [3.63, 3.8) is 0 Å². The second-order valence-electron chi connectivity index (χ2n) is 5.32. The summed E-state index contributed by atoms with van der Waals surface area (Å²) in [6.07, 6.45) is 5.48. The average molecular weight is 324 g/mol. The van der Waals surface area contributed by atoms with Gasteiger partial charge in [0, 0.05) is 18.0 Å². The Hall–Kier alpha value is -1.76. The molecule has 1 aliphatic rings. The molecule has 22 heavy (non-hydrogen) atoms. The summed E-state index contributed by atoms with van der Waals surface area (Å²) in [4.78, 5) is 36.6. The van der Waals surface area contributed by atoms with Gasteiger partial charge in [-0.2, -0.15) is 11.8 Å². The van der Waals surface area contributed by atoms with E-state index >= 15 is 0 Å². The van der Waals surface area contributed by atoms with Crippen LogP contribution in [0.1, 0.15) is 34.8 Å².